The van der Waals surface area contributed by atoms with Crippen LogP contribution in [0.4, 0.5) is 17.6 Å². The molecule has 0 unspecified atom stereocenters. The lowest BCUT2D eigenvalue weighted by molar-refractivity contribution is -0.169. The van der Waals surface area contributed by atoms with Crippen LogP contribution in [0.25, 0.3) is 0 Å². The predicted molar refractivity (Wildman–Crippen MR) is 75.8 cm³/mol. The first-order valence-electron chi connectivity index (χ1n) is 7.87. The van der Waals surface area contributed by atoms with Crippen LogP contribution >= 0.6 is 0 Å². The summed E-state index contributed by atoms with van der Waals surface area (Å²) in [5, 5.41) is 1.86. The van der Waals surface area contributed by atoms with Gasteiger partial charge in [-0.1, -0.05) is 64.7 Å². The van der Waals surface area contributed by atoms with Gasteiger partial charge in [-0.25, -0.2) is 8.78 Å². The van der Waals surface area contributed by atoms with Gasteiger partial charge >= 0.3 is 12.3 Å². The van der Waals surface area contributed by atoms with Crippen LogP contribution < -0.4 is 5.32 Å². The second-order valence-electron chi connectivity index (χ2n) is 5.36. The number of alkyl halides is 4. The van der Waals surface area contributed by atoms with Crippen molar-refractivity contribution in [3.8, 4) is 0 Å². The standard InChI is InChI=1S/C15H27F4NO/c1-2-3-4-5-6-7-8-9-10-11-12-20-14(21)15(18,19)13(16)17/h13H,2-12H2,1H3,(H,20,21). The van der Waals surface area contributed by atoms with Gasteiger partial charge in [0.1, 0.15) is 0 Å². The molecule has 0 fully saturated rings. The van der Waals surface area contributed by atoms with Gasteiger partial charge in [-0.05, 0) is 6.42 Å². The number of halogens is 4. The number of rotatable bonds is 13. The maximum atomic E-state index is 12.6. The van der Waals surface area contributed by atoms with Crippen LogP contribution in [0.3, 0.4) is 0 Å². The first kappa shape index (κ1) is 20.2. The van der Waals surface area contributed by atoms with E-state index < -0.39 is 18.3 Å². The molecule has 0 spiro atoms. The van der Waals surface area contributed by atoms with Crippen molar-refractivity contribution in [1.82, 2.24) is 5.32 Å². The van der Waals surface area contributed by atoms with Gasteiger partial charge in [0.05, 0.1) is 0 Å². The topological polar surface area (TPSA) is 29.1 Å². The average molecular weight is 313 g/mol. The second kappa shape index (κ2) is 11.8. The van der Waals surface area contributed by atoms with E-state index in [1.54, 1.807) is 0 Å². The maximum absolute atomic E-state index is 12.6. The highest BCUT2D eigenvalue weighted by Crippen LogP contribution is 2.22. The molecule has 1 amide bonds. The van der Waals surface area contributed by atoms with Gasteiger partial charge in [-0.3, -0.25) is 4.79 Å². The smallest absolute Gasteiger partial charge is 0.351 e. The fourth-order valence-corrected chi connectivity index (χ4v) is 2.03. The molecule has 1 N–H and O–H groups in total. The van der Waals surface area contributed by atoms with E-state index in [-0.39, 0.29) is 6.54 Å². The number of nitrogens with one attached hydrogen (secondary N) is 1. The summed E-state index contributed by atoms with van der Waals surface area (Å²) in [6.45, 7) is 2.20. The van der Waals surface area contributed by atoms with Crippen LogP contribution in [0, 0.1) is 0 Å². The molecule has 0 aliphatic carbocycles. The minimum Gasteiger partial charge on any atom is -0.351 e. The number of carbonyl (C=O) groups excluding carboxylic acids is 1. The van der Waals surface area contributed by atoms with E-state index in [1.807, 2.05) is 5.32 Å². The van der Waals surface area contributed by atoms with Crippen molar-refractivity contribution in [2.75, 3.05) is 6.54 Å². The van der Waals surface area contributed by atoms with E-state index in [0.717, 1.165) is 19.3 Å². The molecule has 0 rings (SSSR count). The van der Waals surface area contributed by atoms with Crippen LogP contribution in [0.1, 0.15) is 71.1 Å². The lowest BCUT2D eigenvalue weighted by atomic mass is 10.1. The summed E-state index contributed by atoms with van der Waals surface area (Å²) >= 11 is 0. The van der Waals surface area contributed by atoms with Crippen LogP contribution in [-0.4, -0.2) is 24.8 Å². The maximum Gasteiger partial charge on any atom is 0.383 e. The molecule has 0 aromatic rings. The van der Waals surface area contributed by atoms with Crippen molar-refractivity contribution < 1.29 is 22.4 Å². The van der Waals surface area contributed by atoms with E-state index in [9.17, 15) is 22.4 Å². The highest BCUT2D eigenvalue weighted by atomic mass is 19.3. The highest BCUT2D eigenvalue weighted by molar-refractivity contribution is 5.83. The number of amides is 1. The molecule has 6 heteroatoms. The molecule has 0 atom stereocenters. The van der Waals surface area contributed by atoms with Crippen molar-refractivity contribution in [2.45, 2.75) is 83.5 Å². The zero-order valence-corrected chi connectivity index (χ0v) is 12.8. The molecule has 0 heterocycles. The summed E-state index contributed by atoms with van der Waals surface area (Å²) in [5.41, 5.74) is 0. The zero-order chi connectivity index (χ0) is 16.1. The molecule has 0 aromatic carbocycles. The Hall–Kier alpha value is -0.810. The van der Waals surface area contributed by atoms with E-state index in [2.05, 4.69) is 6.92 Å². The van der Waals surface area contributed by atoms with E-state index in [1.165, 1.54) is 38.5 Å². The highest BCUT2D eigenvalue weighted by Gasteiger charge is 2.48. The number of unbranched alkanes of at least 4 members (excludes halogenated alkanes) is 9. The Balaban J connectivity index is 3.39. The van der Waals surface area contributed by atoms with Crippen molar-refractivity contribution in [3.63, 3.8) is 0 Å². The van der Waals surface area contributed by atoms with Gasteiger partial charge in [0, 0.05) is 6.54 Å². The third kappa shape index (κ3) is 9.69. The second-order valence-corrected chi connectivity index (χ2v) is 5.36. The third-order valence-corrected chi connectivity index (χ3v) is 3.39. The molecule has 0 aliphatic rings. The van der Waals surface area contributed by atoms with Crippen LogP contribution in [0.15, 0.2) is 0 Å². The Morgan fingerprint density at radius 2 is 1.33 bits per heavy atom. The molecular weight excluding hydrogens is 286 g/mol. The average Bonchev–Trinajstić information content (AvgIpc) is 2.44. The Labute approximate surface area is 124 Å². The number of carbonyl (C=O) groups is 1. The summed E-state index contributed by atoms with van der Waals surface area (Å²) < 4.78 is 48.9. The summed E-state index contributed by atoms with van der Waals surface area (Å²) in [5.74, 6) is -6.47. The van der Waals surface area contributed by atoms with Crippen molar-refractivity contribution >= 4 is 5.91 Å². The fraction of sp³-hybridized carbons (Fsp3) is 0.933. The molecule has 2 nitrogen and oxygen atoms in total. The summed E-state index contributed by atoms with van der Waals surface area (Å²) in [6.07, 6.45) is 6.91. The molecule has 0 saturated heterocycles. The van der Waals surface area contributed by atoms with Gasteiger partial charge in [0.2, 0.25) is 0 Å². The van der Waals surface area contributed by atoms with E-state index >= 15 is 0 Å². The summed E-state index contributed by atoms with van der Waals surface area (Å²) in [4.78, 5) is 10.8. The van der Waals surface area contributed by atoms with Gasteiger partial charge in [-0.15, -0.1) is 0 Å². The van der Waals surface area contributed by atoms with Crippen molar-refractivity contribution in [3.05, 3.63) is 0 Å². The monoisotopic (exact) mass is 313 g/mol. The molecule has 21 heavy (non-hydrogen) atoms. The SMILES string of the molecule is CCCCCCCCCCCCNC(=O)C(F)(F)C(F)F. The molecule has 0 radical (unpaired) electrons. The quantitative estimate of drug-likeness (QED) is 0.379. The minimum absolute atomic E-state index is 0.0254. The Kier molecular flexibility index (Phi) is 11.4. The minimum atomic E-state index is -4.58. The molecule has 0 bridgehead atoms. The fourth-order valence-electron chi connectivity index (χ4n) is 2.03. The molecule has 0 aromatic heterocycles. The van der Waals surface area contributed by atoms with Crippen molar-refractivity contribution in [1.29, 1.82) is 0 Å². The van der Waals surface area contributed by atoms with Gasteiger partial charge in [-0.2, -0.15) is 8.78 Å². The molecule has 126 valence electrons. The third-order valence-electron chi connectivity index (χ3n) is 3.39. The van der Waals surface area contributed by atoms with Crippen LogP contribution in [0.5, 0.6) is 0 Å². The lowest BCUT2D eigenvalue weighted by Gasteiger charge is -2.14. The lowest BCUT2D eigenvalue weighted by Crippen LogP contribution is -2.45. The van der Waals surface area contributed by atoms with Crippen molar-refractivity contribution in [2.24, 2.45) is 0 Å². The number of hydrogen-bond acceptors (Lipinski definition) is 1. The number of hydrogen-bond donors (Lipinski definition) is 1. The predicted octanol–water partition coefficient (Wildman–Crippen LogP) is 4.92. The zero-order valence-electron chi connectivity index (χ0n) is 12.8. The normalized spacial score (nSPS) is 11.9. The molecule has 0 aliphatic heterocycles. The van der Waals surface area contributed by atoms with Crippen LogP contribution in [0.2, 0.25) is 0 Å². The molecule has 0 saturated carbocycles. The van der Waals surface area contributed by atoms with E-state index in [0.29, 0.717) is 6.42 Å². The first-order valence-corrected chi connectivity index (χ1v) is 7.87. The van der Waals surface area contributed by atoms with E-state index in [4.69, 9.17) is 0 Å². The summed E-state index contributed by atoms with van der Waals surface area (Å²) in [7, 11) is 0. The Morgan fingerprint density at radius 3 is 1.76 bits per heavy atom. The van der Waals surface area contributed by atoms with Gasteiger partial charge < -0.3 is 5.32 Å². The molecular formula is C15H27F4NO. The first-order chi connectivity index (χ1) is 9.92. The van der Waals surface area contributed by atoms with Crippen LogP contribution in [-0.2, 0) is 4.79 Å². The largest absolute Gasteiger partial charge is 0.383 e. The Bertz CT molecular complexity index is 272. The Morgan fingerprint density at radius 1 is 0.905 bits per heavy atom. The van der Waals surface area contributed by atoms with Gasteiger partial charge in [0.25, 0.3) is 5.91 Å². The van der Waals surface area contributed by atoms with Gasteiger partial charge in [0.15, 0.2) is 0 Å². The summed E-state index contributed by atoms with van der Waals surface area (Å²) in [6, 6.07) is 0.